The third kappa shape index (κ3) is 5.85. The number of benzene rings is 4. The topological polar surface area (TPSA) is 68.7 Å². The quantitative estimate of drug-likeness (QED) is 0.220. The number of carboxylic acid groups (broad SMARTS) is 1. The molecule has 1 aromatic heterocycles. The number of aromatic carboxylic acids is 1. The van der Waals surface area contributed by atoms with Gasteiger partial charge in [-0.15, -0.1) is 0 Å². The number of carbonyl (C=O) groups is 1. The molecule has 0 atom stereocenters. The van der Waals surface area contributed by atoms with Gasteiger partial charge >= 0.3 is 5.97 Å². The van der Waals surface area contributed by atoms with E-state index in [0.29, 0.717) is 32.4 Å². The smallest absolute Gasteiger partial charge is 0.354 e. The molecule has 37 heavy (non-hydrogen) atoms. The van der Waals surface area contributed by atoms with Crippen molar-refractivity contribution in [1.29, 1.82) is 0 Å². The number of aromatic nitrogens is 1. The second kappa shape index (κ2) is 10.9. The Kier molecular flexibility index (Phi) is 7.26. The summed E-state index contributed by atoms with van der Waals surface area (Å²) in [6, 6.07) is 29.7. The van der Waals surface area contributed by atoms with Crippen molar-refractivity contribution >= 4 is 40.1 Å². The van der Waals surface area contributed by atoms with Gasteiger partial charge in [-0.2, -0.15) is 0 Å². The van der Waals surface area contributed by atoms with Crippen LogP contribution in [0.5, 0.6) is 11.5 Å². The molecule has 0 aliphatic heterocycles. The molecule has 0 radical (unpaired) electrons. The van der Waals surface area contributed by atoms with Crippen LogP contribution >= 0.6 is 23.2 Å². The van der Waals surface area contributed by atoms with E-state index in [1.807, 2.05) is 72.8 Å². The summed E-state index contributed by atoms with van der Waals surface area (Å²) in [5.74, 6) is -0.364. The number of hydrogen-bond donors (Lipinski definition) is 1. The van der Waals surface area contributed by atoms with Crippen LogP contribution in [0.4, 0.5) is 0 Å². The predicted molar refractivity (Wildman–Crippen MR) is 146 cm³/mol. The van der Waals surface area contributed by atoms with E-state index >= 15 is 0 Å². The van der Waals surface area contributed by atoms with Crippen LogP contribution in [0.3, 0.4) is 0 Å². The summed E-state index contributed by atoms with van der Waals surface area (Å²) < 4.78 is 12.3. The highest BCUT2D eigenvalue weighted by Crippen LogP contribution is 2.38. The monoisotopic (exact) mass is 529 g/mol. The first-order chi connectivity index (χ1) is 18.0. The molecular formula is C30H21Cl2NO4. The Morgan fingerprint density at radius 3 is 1.81 bits per heavy atom. The standard InChI is InChI=1S/C30H21Cl2NO4/c31-23-11-21(12-24(32)15-23)22-13-25-27(36-17-19-7-3-1-4-8-19)16-26(30(34)35)33-29(25)28(14-22)37-18-20-9-5-2-6-10-20/h1-16H,17-18H2,(H,34,35). The van der Waals surface area contributed by atoms with E-state index in [9.17, 15) is 9.90 Å². The number of nitrogens with zero attached hydrogens (tertiary/aromatic N) is 1. The molecule has 0 saturated carbocycles. The first-order valence-corrected chi connectivity index (χ1v) is 12.2. The molecule has 0 aliphatic rings. The molecule has 0 spiro atoms. The number of carboxylic acids is 1. The molecule has 0 fully saturated rings. The summed E-state index contributed by atoms with van der Waals surface area (Å²) >= 11 is 12.6. The van der Waals surface area contributed by atoms with Crippen LogP contribution in [0.15, 0.2) is 97.1 Å². The van der Waals surface area contributed by atoms with E-state index in [-0.39, 0.29) is 18.9 Å². The van der Waals surface area contributed by atoms with Crippen molar-refractivity contribution in [3.8, 4) is 22.6 Å². The van der Waals surface area contributed by atoms with Crippen LogP contribution in [0.25, 0.3) is 22.0 Å². The first-order valence-electron chi connectivity index (χ1n) is 11.5. The lowest BCUT2D eigenvalue weighted by Gasteiger charge is -2.16. The van der Waals surface area contributed by atoms with Gasteiger partial charge in [0, 0.05) is 21.5 Å². The molecule has 1 N–H and O–H groups in total. The molecule has 0 aliphatic carbocycles. The van der Waals surface area contributed by atoms with Gasteiger partial charge in [0.25, 0.3) is 0 Å². The summed E-state index contributed by atoms with van der Waals surface area (Å²) in [5.41, 5.74) is 3.70. The van der Waals surface area contributed by atoms with Gasteiger partial charge < -0.3 is 14.6 Å². The van der Waals surface area contributed by atoms with Crippen molar-refractivity contribution < 1.29 is 19.4 Å². The van der Waals surface area contributed by atoms with E-state index in [1.54, 1.807) is 18.2 Å². The highest BCUT2D eigenvalue weighted by Gasteiger charge is 2.18. The molecule has 5 rings (SSSR count). The van der Waals surface area contributed by atoms with Crippen molar-refractivity contribution in [2.75, 3.05) is 0 Å². The number of hydrogen-bond acceptors (Lipinski definition) is 4. The molecule has 0 amide bonds. The number of pyridine rings is 1. The van der Waals surface area contributed by atoms with Crippen LogP contribution < -0.4 is 9.47 Å². The Morgan fingerprint density at radius 1 is 0.703 bits per heavy atom. The second-order valence-electron chi connectivity index (χ2n) is 8.39. The second-order valence-corrected chi connectivity index (χ2v) is 9.26. The van der Waals surface area contributed by atoms with E-state index in [2.05, 4.69) is 4.98 Å². The zero-order chi connectivity index (χ0) is 25.8. The number of rotatable bonds is 8. The molecule has 7 heteroatoms. The van der Waals surface area contributed by atoms with Crippen LogP contribution in [0.2, 0.25) is 10.0 Å². The minimum absolute atomic E-state index is 0.140. The van der Waals surface area contributed by atoms with Gasteiger partial charge in [0.2, 0.25) is 0 Å². The van der Waals surface area contributed by atoms with Crippen LogP contribution in [-0.2, 0) is 13.2 Å². The van der Waals surface area contributed by atoms with Crippen LogP contribution in [-0.4, -0.2) is 16.1 Å². The van der Waals surface area contributed by atoms with Gasteiger partial charge in [0.1, 0.15) is 30.2 Å². The largest absolute Gasteiger partial charge is 0.488 e. The molecule has 4 aromatic carbocycles. The fourth-order valence-corrected chi connectivity index (χ4v) is 4.49. The highest BCUT2D eigenvalue weighted by atomic mass is 35.5. The maximum absolute atomic E-state index is 11.9. The molecular weight excluding hydrogens is 509 g/mol. The third-order valence-corrected chi connectivity index (χ3v) is 6.17. The number of fused-ring (bicyclic) bond motifs is 1. The first kappa shape index (κ1) is 24.6. The summed E-state index contributed by atoms with van der Waals surface area (Å²) in [5, 5.41) is 11.4. The van der Waals surface area contributed by atoms with Crippen molar-refractivity contribution in [3.63, 3.8) is 0 Å². The summed E-state index contributed by atoms with van der Waals surface area (Å²) in [7, 11) is 0. The predicted octanol–water partition coefficient (Wildman–Crippen LogP) is 8.06. The number of ether oxygens (including phenoxy) is 2. The zero-order valence-corrected chi connectivity index (χ0v) is 21.0. The van der Waals surface area contributed by atoms with Gasteiger partial charge in [-0.1, -0.05) is 83.9 Å². The van der Waals surface area contributed by atoms with Gasteiger partial charge in [-0.25, -0.2) is 9.78 Å². The lowest BCUT2D eigenvalue weighted by molar-refractivity contribution is 0.0690. The normalized spacial score (nSPS) is 10.9. The Hall–Kier alpha value is -4.06. The molecule has 0 saturated heterocycles. The Labute approximate surface area is 223 Å². The Bertz CT molecular complexity index is 1550. The molecule has 0 unspecified atom stereocenters. The summed E-state index contributed by atoms with van der Waals surface area (Å²) in [4.78, 5) is 16.4. The van der Waals surface area contributed by atoms with E-state index in [0.717, 1.165) is 22.3 Å². The fraction of sp³-hybridized carbons (Fsp3) is 0.0667. The zero-order valence-electron chi connectivity index (χ0n) is 19.5. The Balaban J connectivity index is 1.66. The summed E-state index contributed by atoms with van der Waals surface area (Å²) in [6.45, 7) is 0.529. The lowest BCUT2D eigenvalue weighted by Crippen LogP contribution is -2.05. The fourth-order valence-electron chi connectivity index (χ4n) is 3.96. The van der Waals surface area contributed by atoms with Gasteiger partial charge in [0.15, 0.2) is 5.69 Å². The van der Waals surface area contributed by atoms with Crippen molar-refractivity contribution in [3.05, 3.63) is 124 Å². The van der Waals surface area contributed by atoms with Gasteiger partial charge in [-0.3, -0.25) is 0 Å². The average molecular weight is 530 g/mol. The molecule has 184 valence electrons. The van der Waals surface area contributed by atoms with E-state index in [4.69, 9.17) is 32.7 Å². The lowest BCUT2D eigenvalue weighted by atomic mass is 10.0. The maximum atomic E-state index is 11.9. The minimum Gasteiger partial charge on any atom is -0.488 e. The average Bonchev–Trinajstić information content (AvgIpc) is 2.90. The molecule has 5 aromatic rings. The molecule has 1 heterocycles. The van der Waals surface area contributed by atoms with Crippen molar-refractivity contribution in [2.24, 2.45) is 0 Å². The number of halogens is 2. The van der Waals surface area contributed by atoms with E-state index < -0.39 is 5.97 Å². The van der Waals surface area contributed by atoms with E-state index in [1.165, 1.54) is 6.07 Å². The minimum atomic E-state index is -1.16. The van der Waals surface area contributed by atoms with Gasteiger partial charge in [0.05, 0.1) is 0 Å². The van der Waals surface area contributed by atoms with Crippen molar-refractivity contribution in [2.45, 2.75) is 13.2 Å². The van der Waals surface area contributed by atoms with Gasteiger partial charge in [-0.05, 0) is 52.6 Å². The molecule has 0 bridgehead atoms. The Morgan fingerprint density at radius 2 is 1.24 bits per heavy atom. The van der Waals surface area contributed by atoms with Crippen LogP contribution in [0.1, 0.15) is 21.6 Å². The summed E-state index contributed by atoms with van der Waals surface area (Å²) in [6.07, 6.45) is 0. The SMILES string of the molecule is O=C(O)c1cc(OCc2ccccc2)c2cc(-c3cc(Cl)cc(Cl)c3)cc(OCc3ccccc3)c2n1. The molecule has 5 nitrogen and oxygen atoms in total. The maximum Gasteiger partial charge on any atom is 0.354 e. The highest BCUT2D eigenvalue weighted by molar-refractivity contribution is 6.35. The third-order valence-electron chi connectivity index (χ3n) is 5.73. The van der Waals surface area contributed by atoms with Crippen molar-refractivity contribution in [1.82, 2.24) is 4.98 Å². The van der Waals surface area contributed by atoms with Crippen LogP contribution in [0, 0.1) is 0 Å².